The molecule has 1 aromatic carbocycles. The molecule has 1 aliphatic rings. The largest absolute Gasteiger partial charge is 0.480 e. The van der Waals surface area contributed by atoms with Crippen molar-refractivity contribution in [2.75, 3.05) is 6.54 Å². The standard InChI is InChI=1S/C23H31BrINO5Si/c1-14(31-32(5,6)23(2,3)4)21-18(26(22(21)30)13-20(28)29)11-17(25)12-19(27)15-7-9-16(24)10-8-15/h7-10,12,14,18,21H,11,13H2,1-6H3,(H,28,29)/b17-12+/t14-,18-,21+/m1/s1. The predicted octanol–water partition coefficient (Wildman–Crippen LogP) is 5.66. The molecule has 32 heavy (non-hydrogen) atoms. The molecule has 1 heterocycles. The molecule has 1 N–H and O–H groups in total. The highest BCUT2D eigenvalue weighted by molar-refractivity contribution is 14.1. The summed E-state index contributed by atoms with van der Waals surface area (Å²) in [6.07, 6.45) is 1.64. The molecular weight excluding hydrogens is 605 g/mol. The van der Waals surface area contributed by atoms with E-state index in [0.29, 0.717) is 12.0 Å². The van der Waals surface area contributed by atoms with Gasteiger partial charge in [-0.3, -0.25) is 14.4 Å². The van der Waals surface area contributed by atoms with Crippen LogP contribution >= 0.6 is 38.5 Å². The molecule has 0 aromatic heterocycles. The van der Waals surface area contributed by atoms with Gasteiger partial charge in [0.25, 0.3) is 0 Å². The topological polar surface area (TPSA) is 83.9 Å². The zero-order valence-electron chi connectivity index (χ0n) is 19.3. The molecule has 1 aromatic rings. The van der Waals surface area contributed by atoms with Crippen LogP contribution in [0.4, 0.5) is 0 Å². The zero-order chi connectivity index (χ0) is 24.4. The number of carbonyl (C=O) groups excluding carboxylic acids is 2. The Morgan fingerprint density at radius 3 is 2.34 bits per heavy atom. The Morgan fingerprint density at radius 1 is 1.28 bits per heavy atom. The molecule has 0 spiro atoms. The number of likely N-dealkylation sites (tertiary alicyclic amines) is 1. The molecule has 1 aliphatic heterocycles. The van der Waals surface area contributed by atoms with Crippen LogP contribution in [0.1, 0.15) is 44.5 Å². The van der Waals surface area contributed by atoms with E-state index >= 15 is 0 Å². The second kappa shape index (κ2) is 10.5. The average Bonchev–Trinajstić information content (AvgIpc) is 2.64. The fourth-order valence-electron chi connectivity index (χ4n) is 3.54. The second-order valence-corrected chi connectivity index (χ2v) is 16.8. The number of hydrogen-bond acceptors (Lipinski definition) is 4. The molecule has 3 atom stereocenters. The van der Waals surface area contributed by atoms with Crippen LogP contribution in [0.5, 0.6) is 0 Å². The first kappa shape index (κ1) is 27.2. The molecule has 2 rings (SSSR count). The number of β-lactam (4-membered cyclic amide) rings is 1. The van der Waals surface area contributed by atoms with Crippen molar-refractivity contribution < 1.29 is 23.9 Å². The minimum atomic E-state index is -2.10. The number of allylic oxidation sites excluding steroid dienone is 1. The van der Waals surface area contributed by atoms with Crippen LogP contribution < -0.4 is 0 Å². The molecule has 0 saturated carbocycles. The van der Waals surface area contributed by atoms with Crippen LogP contribution in [0.2, 0.25) is 18.1 Å². The first-order chi connectivity index (χ1) is 14.6. The second-order valence-electron chi connectivity index (χ2n) is 9.70. The summed E-state index contributed by atoms with van der Waals surface area (Å²) >= 11 is 5.46. The van der Waals surface area contributed by atoms with Crippen LogP contribution in [0.25, 0.3) is 0 Å². The fourth-order valence-corrected chi connectivity index (χ4v) is 5.96. The van der Waals surface area contributed by atoms with Gasteiger partial charge in [-0.05, 0) is 88.0 Å². The third-order valence-corrected chi connectivity index (χ3v) is 12.2. The zero-order valence-corrected chi connectivity index (χ0v) is 24.1. The third kappa shape index (κ3) is 6.51. The molecular formula is C23H31BrINO5Si. The lowest BCUT2D eigenvalue weighted by atomic mass is 9.81. The Hall–Kier alpha value is -1.04. The van der Waals surface area contributed by atoms with Crippen LogP contribution in [0.3, 0.4) is 0 Å². The van der Waals surface area contributed by atoms with E-state index in [-0.39, 0.29) is 35.4 Å². The number of rotatable bonds is 9. The summed E-state index contributed by atoms with van der Waals surface area (Å²) in [5.74, 6) is -1.80. The van der Waals surface area contributed by atoms with Gasteiger partial charge in [-0.2, -0.15) is 0 Å². The summed E-state index contributed by atoms with van der Waals surface area (Å²) in [6.45, 7) is 12.2. The quantitative estimate of drug-likeness (QED) is 0.124. The van der Waals surface area contributed by atoms with Gasteiger partial charge in [-0.15, -0.1) is 0 Å². The average molecular weight is 636 g/mol. The Balaban J connectivity index is 2.21. The lowest BCUT2D eigenvalue weighted by Gasteiger charge is -2.51. The number of carbonyl (C=O) groups is 3. The van der Waals surface area contributed by atoms with Crippen molar-refractivity contribution in [3.63, 3.8) is 0 Å². The van der Waals surface area contributed by atoms with Crippen molar-refractivity contribution in [3.8, 4) is 0 Å². The highest BCUT2D eigenvalue weighted by Crippen LogP contribution is 2.41. The third-order valence-electron chi connectivity index (χ3n) is 6.30. The number of benzene rings is 1. The van der Waals surface area contributed by atoms with Crippen molar-refractivity contribution in [2.45, 2.75) is 64.4 Å². The maximum Gasteiger partial charge on any atom is 0.323 e. The van der Waals surface area contributed by atoms with E-state index in [1.807, 2.05) is 19.1 Å². The van der Waals surface area contributed by atoms with E-state index in [4.69, 9.17) is 4.43 Å². The van der Waals surface area contributed by atoms with Crippen LogP contribution in [0, 0.1) is 5.92 Å². The predicted molar refractivity (Wildman–Crippen MR) is 140 cm³/mol. The molecule has 0 unspecified atom stereocenters. The monoisotopic (exact) mass is 635 g/mol. The van der Waals surface area contributed by atoms with Gasteiger partial charge in [0.2, 0.25) is 5.91 Å². The lowest BCUT2D eigenvalue weighted by Crippen LogP contribution is -2.66. The van der Waals surface area contributed by atoms with Gasteiger partial charge in [0.1, 0.15) is 6.54 Å². The van der Waals surface area contributed by atoms with Crippen molar-refractivity contribution in [1.29, 1.82) is 0 Å². The van der Waals surface area contributed by atoms with E-state index in [2.05, 4.69) is 72.4 Å². The lowest BCUT2D eigenvalue weighted by molar-refractivity contribution is -0.168. The fraction of sp³-hybridized carbons (Fsp3) is 0.522. The van der Waals surface area contributed by atoms with Gasteiger partial charge >= 0.3 is 5.97 Å². The molecule has 0 bridgehead atoms. The Bertz CT molecular complexity index is 910. The van der Waals surface area contributed by atoms with Gasteiger partial charge in [0.15, 0.2) is 14.1 Å². The number of carboxylic acids is 1. The first-order valence-corrected chi connectivity index (χ1v) is 15.3. The number of hydrogen-bond donors (Lipinski definition) is 1. The molecule has 1 amide bonds. The summed E-state index contributed by atoms with van der Waals surface area (Å²) in [5.41, 5.74) is 0.570. The Morgan fingerprint density at radius 2 is 1.84 bits per heavy atom. The minimum absolute atomic E-state index is 0.00424. The molecule has 0 radical (unpaired) electrons. The number of ketones is 1. The summed E-state index contributed by atoms with van der Waals surface area (Å²) in [6, 6.07) is 6.79. The number of amides is 1. The van der Waals surface area contributed by atoms with E-state index in [1.54, 1.807) is 18.2 Å². The highest BCUT2D eigenvalue weighted by atomic mass is 127. The highest BCUT2D eigenvalue weighted by Gasteiger charge is 2.52. The molecule has 6 nitrogen and oxygen atoms in total. The number of halogens is 2. The molecule has 1 fully saturated rings. The maximum absolute atomic E-state index is 12.8. The summed E-state index contributed by atoms with van der Waals surface area (Å²) in [7, 11) is -2.10. The van der Waals surface area contributed by atoms with Crippen molar-refractivity contribution in [3.05, 3.63) is 44.0 Å². The van der Waals surface area contributed by atoms with Crippen LogP contribution in [0.15, 0.2) is 38.4 Å². The normalized spacial score (nSPS) is 20.7. The molecule has 0 aliphatic carbocycles. The Kier molecular flexibility index (Phi) is 8.91. The van der Waals surface area contributed by atoms with Crippen LogP contribution in [-0.4, -0.2) is 54.7 Å². The van der Waals surface area contributed by atoms with Gasteiger partial charge in [0, 0.05) is 10.0 Å². The van der Waals surface area contributed by atoms with Crippen molar-refractivity contribution in [1.82, 2.24) is 4.90 Å². The summed E-state index contributed by atoms with van der Waals surface area (Å²) < 4.78 is 8.12. The maximum atomic E-state index is 12.8. The minimum Gasteiger partial charge on any atom is -0.480 e. The SMILES string of the molecule is C[C@@H](O[Si](C)(C)C(C)(C)C)[C@@H]1C(=O)N(CC(=O)O)[C@@H]1C/C(I)=C\C(=O)c1ccc(Br)cc1. The summed E-state index contributed by atoms with van der Waals surface area (Å²) in [4.78, 5) is 38.1. The van der Waals surface area contributed by atoms with Gasteiger partial charge in [0.05, 0.1) is 18.1 Å². The number of aliphatic carboxylic acids is 1. The van der Waals surface area contributed by atoms with Gasteiger partial charge in [-0.25, -0.2) is 0 Å². The van der Waals surface area contributed by atoms with E-state index in [0.717, 1.165) is 8.05 Å². The number of carboxylic acid groups (broad SMARTS) is 1. The smallest absolute Gasteiger partial charge is 0.323 e. The molecule has 1 saturated heterocycles. The van der Waals surface area contributed by atoms with Crippen molar-refractivity contribution >= 4 is 64.5 Å². The molecule has 176 valence electrons. The van der Waals surface area contributed by atoms with E-state index in [9.17, 15) is 19.5 Å². The van der Waals surface area contributed by atoms with Crippen LogP contribution in [-0.2, 0) is 14.0 Å². The molecule has 9 heteroatoms. The van der Waals surface area contributed by atoms with Gasteiger partial charge < -0.3 is 14.4 Å². The number of nitrogens with zero attached hydrogens (tertiary/aromatic N) is 1. The summed E-state index contributed by atoms with van der Waals surface area (Å²) in [5, 5.41) is 9.26. The van der Waals surface area contributed by atoms with E-state index in [1.165, 1.54) is 4.90 Å². The first-order valence-electron chi connectivity index (χ1n) is 10.5. The van der Waals surface area contributed by atoms with E-state index < -0.39 is 20.2 Å². The van der Waals surface area contributed by atoms with Gasteiger partial charge in [-0.1, -0.05) is 36.7 Å². The Labute approximate surface area is 213 Å². The van der Waals surface area contributed by atoms with Crippen molar-refractivity contribution in [2.24, 2.45) is 5.92 Å².